The van der Waals surface area contributed by atoms with Gasteiger partial charge < -0.3 is 5.32 Å². The quantitative estimate of drug-likeness (QED) is 0.770. The maximum absolute atomic E-state index is 8.63. The normalized spacial score (nSPS) is 19.8. The average Bonchev–Trinajstić information content (AvgIpc) is 2.71. The predicted molar refractivity (Wildman–Crippen MR) is 58.4 cm³/mol. The number of hydrogen-bond acceptors (Lipinski definition) is 2. The third kappa shape index (κ3) is 2.25. The lowest BCUT2D eigenvalue weighted by atomic mass is 10.0. The van der Waals surface area contributed by atoms with Crippen molar-refractivity contribution in [1.82, 2.24) is 5.32 Å². The molecule has 1 aromatic rings. The van der Waals surface area contributed by atoms with E-state index >= 15 is 0 Å². The fraction of sp³-hybridized carbons (Fsp3) is 0.364. The molecule has 1 atom stereocenters. The molecule has 1 N–H and O–H groups in total. The van der Waals surface area contributed by atoms with Gasteiger partial charge >= 0.3 is 0 Å². The van der Waals surface area contributed by atoms with Gasteiger partial charge in [0.15, 0.2) is 0 Å². The van der Waals surface area contributed by atoms with Crippen molar-refractivity contribution in [2.45, 2.75) is 18.9 Å². The van der Waals surface area contributed by atoms with Crippen molar-refractivity contribution in [2.75, 3.05) is 6.54 Å². The Balaban J connectivity index is 0.000000980. The molecule has 0 unspecified atom stereocenters. The fourth-order valence-electron chi connectivity index (χ4n) is 1.76. The molecule has 74 valence electrons. The first-order valence-corrected chi connectivity index (χ1v) is 4.63. The largest absolute Gasteiger partial charge is 0.310 e. The van der Waals surface area contributed by atoms with E-state index in [2.05, 4.69) is 11.4 Å². The average molecular weight is 209 g/mol. The second-order valence-electron chi connectivity index (χ2n) is 3.38. The lowest BCUT2D eigenvalue weighted by molar-refractivity contribution is 0.648. The standard InChI is InChI=1S/C11H12N2.ClH/c12-8-9-3-5-10(6-4-9)11-2-1-7-13-11;/h3-6,11,13H,1-2,7H2;1H/t11-;/m0./s1. The lowest BCUT2D eigenvalue weighted by Crippen LogP contribution is -2.12. The molecule has 2 nitrogen and oxygen atoms in total. The first-order chi connectivity index (χ1) is 6.40. The number of halogens is 1. The van der Waals surface area contributed by atoms with Crippen molar-refractivity contribution >= 4 is 12.4 Å². The van der Waals surface area contributed by atoms with Crippen molar-refractivity contribution in [3.05, 3.63) is 35.4 Å². The fourth-order valence-corrected chi connectivity index (χ4v) is 1.76. The molecule has 0 amide bonds. The van der Waals surface area contributed by atoms with E-state index < -0.39 is 0 Å². The monoisotopic (exact) mass is 208 g/mol. The molecule has 3 heteroatoms. The van der Waals surface area contributed by atoms with Gasteiger partial charge in [-0.1, -0.05) is 12.1 Å². The summed E-state index contributed by atoms with van der Waals surface area (Å²) >= 11 is 0. The summed E-state index contributed by atoms with van der Waals surface area (Å²) in [6.45, 7) is 1.12. The molecule has 0 bridgehead atoms. The Kier molecular flexibility index (Phi) is 3.94. The van der Waals surface area contributed by atoms with Crippen LogP contribution in [0, 0.1) is 11.3 Å². The van der Waals surface area contributed by atoms with Gasteiger partial charge in [0.05, 0.1) is 11.6 Å². The molecule has 0 aliphatic carbocycles. The highest BCUT2D eigenvalue weighted by Gasteiger charge is 2.15. The molecule has 0 saturated carbocycles. The van der Waals surface area contributed by atoms with E-state index in [1.165, 1.54) is 18.4 Å². The minimum Gasteiger partial charge on any atom is -0.310 e. The number of benzene rings is 1. The minimum absolute atomic E-state index is 0. The summed E-state index contributed by atoms with van der Waals surface area (Å²) in [7, 11) is 0. The van der Waals surface area contributed by atoms with Gasteiger partial charge in [0.25, 0.3) is 0 Å². The van der Waals surface area contributed by atoms with E-state index in [0.717, 1.165) is 12.1 Å². The Morgan fingerprint density at radius 3 is 2.50 bits per heavy atom. The number of nitrogens with zero attached hydrogens (tertiary/aromatic N) is 1. The van der Waals surface area contributed by atoms with Crippen LogP contribution in [0.1, 0.15) is 30.0 Å². The summed E-state index contributed by atoms with van der Waals surface area (Å²) in [6, 6.07) is 10.5. The van der Waals surface area contributed by atoms with Crippen LogP contribution in [0.15, 0.2) is 24.3 Å². The van der Waals surface area contributed by atoms with Crippen LogP contribution in [-0.4, -0.2) is 6.54 Å². The van der Waals surface area contributed by atoms with Crippen molar-refractivity contribution in [3.63, 3.8) is 0 Å². The molecule has 1 heterocycles. The van der Waals surface area contributed by atoms with Gasteiger partial charge in [-0.2, -0.15) is 5.26 Å². The van der Waals surface area contributed by atoms with Crippen LogP contribution in [-0.2, 0) is 0 Å². The molecule has 0 radical (unpaired) electrons. The van der Waals surface area contributed by atoms with E-state index in [9.17, 15) is 0 Å². The second kappa shape index (κ2) is 4.99. The van der Waals surface area contributed by atoms with Crippen molar-refractivity contribution < 1.29 is 0 Å². The maximum Gasteiger partial charge on any atom is 0.0991 e. The SMILES string of the molecule is Cl.N#Cc1ccc([C@@H]2CCCN2)cc1. The zero-order chi connectivity index (χ0) is 9.10. The van der Waals surface area contributed by atoms with Gasteiger partial charge in [0, 0.05) is 6.04 Å². The van der Waals surface area contributed by atoms with Crippen LogP contribution in [0.4, 0.5) is 0 Å². The third-order valence-corrected chi connectivity index (χ3v) is 2.50. The van der Waals surface area contributed by atoms with Crippen LogP contribution in [0.5, 0.6) is 0 Å². The molecule has 1 aliphatic rings. The van der Waals surface area contributed by atoms with E-state index in [-0.39, 0.29) is 12.4 Å². The number of nitrogens with one attached hydrogen (secondary N) is 1. The van der Waals surface area contributed by atoms with Gasteiger partial charge in [-0.3, -0.25) is 0 Å². The van der Waals surface area contributed by atoms with Gasteiger partial charge in [-0.15, -0.1) is 12.4 Å². The number of hydrogen-bond donors (Lipinski definition) is 1. The van der Waals surface area contributed by atoms with E-state index in [1.807, 2.05) is 24.3 Å². The lowest BCUT2D eigenvalue weighted by Gasteiger charge is -2.09. The third-order valence-electron chi connectivity index (χ3n) is 2.50. The topological polar surface area (TPSA) is 35.8 Å². The van der Waals surface area contributed by atoms with Gasteiger partial charge in [0.2, 0.25) is 0 Å². The Bertz CT molecular complexity index is 320. The molecule has 1 aliphatic heterocycles. The van der Waals surface area contributed by atoms with E-state index in [0.29, 0.717) is 6.04 Å². The first-order valence-electron chi connectivity index (χ1n) is 4.63. The molecular formula is C11H13ClN2. The van der Waals surface area contributed by atoms with Crippen molar-refractivity contribution in [3.8, 4) is 6.07 Å². The Morgan fingerprint density at radius 1 is 1.29 bits per heavy atom. The van der Waals surface area contributed by atoms with E-state index in [1.54, 1.807) is 0 Å². The van der Waals surface area contributed by atoms with Crippen molar-refractivity contribution in [1.29, 1.82) is 5.26 Å². The maximum atomic E-state index is 8.63. The number of nitriles is 1. The molecule has 1 fully saturated rings. The Hall–Kier alpha value is -1.04. The van der Waals surface area contributed by atoms with Gasteiger partial charge in [-0.05, 0) is 37.1 Å². The zero-order valence-electron chi connectivity index (χ0n) is 7.86. The summed E-state index contributed by atoms with van der Waals surface area (Å²) in [4.78, 5) is 0. The molecule has 0 spiro atoms. The highest BCUT2D eigenvalue weighted by Crippen LogP contribution is 2.22. The predicted octanol–water partition coefficient (Wildman–Crippen LogP) is 2.40. The molecule has 1 saturated heterocycles. The smallest absolute Gasteiger partial charge is 0.0991 e. The highest BCUT2D eigenvalue weighted by atomic mass is 35.5. The molecular weight excluding hydrogens is 196 g/mol. The molecule has 0 aromatic heterocycles. The van der Waals surface area contributed by atoms with Crippen LogP contribution >= 0.6 is 12.4 Å². The number of rotatable bonds is 1. The van der Waals surface area contributed by atoms with E-state index in [4.69, 9.17) is 5.26 Å². The summed E-state index contributed by atoms with van der Waals surface area (Å²) < 4.78 is 0. The Morgan fingerprint density at radius 2 is 2.00 bits per heavy atom. The summed E-state index contributed by atoms with van der Waals surface area (Å²) in [5, 5.41) is 12.1. The first kappa shape index (κ1) is 11.0. The minimum atomic E-state index is 0. The molecule has 1 aromatic carbocycles. The van der Waals surface area contributed by atoms with Gasteiger partial charge in [0.1, 0.15) is 0 Å². The zero-order valence-corrected chi connectivity index (χ0v) is 8.68. The molecule has 14 heavy (non-hydrogen) atoms. The van der Waals surface area contributed by atoms with Crippen LogP contribution in [0.25, 0.3) is 0 Å². The summed E-state index contributed by atoms with van der Waals surface area (Å²) in [6.07, 6.45) is 2.47. The summed E-state index contributed by atoms with van der Waals surface area (Å²) in [5.74, 6) is 0. The van der Waals surface area contributed by atoms with Gasteiger partial charge in [-0.25, -0.2) is 0 Å². The van der Waals surface area contributed by atoms with Crippen LogP contribution < -0.4 is 5.32 Å². The highest BCUT2D eigenvalue weighted by molar-refractivity contribution is 5.85. The summed E-state index contributed by atoms with van der Waals surface area (Å²) in [5.41, 5.74) is 2.04. The van der Waals surface area contributed by atoms with Crippen LogP contribution in [0.3, 0.4) is 0 Å². The second-order valence-corrected chi connectivity index (χ2v) is 3.38. The van der Waals surface area contributed by atoms with Crippen LogP contribution in [0.2, 0.25) is 0 Å². The van der Waals surface area contributed by atoms with Crippen molar-refractivity contribution in [2.24, 2.45) is 0 Å². The Labute approximate surface area is 90.3 Å². The molecule has 2 rings (SSSR count).